The van der Waals surface area contributed by atoms with Crippen molar-refractivity contribution in [2.75, 3.05) is 0 Å². The number of nitrogens with zero attached hydrogens (tertiary/aromatic N) is 2. The van der Waals surface area contributed by atoms with Crippen molar-refractivity contribution in [2.45, 2.75) is 0 Å². The Balaban J connectivity index is 2.61. The summed E-state index contributed by atoms with van der Waals surface area (Å²) in [5.74, 6) is -1.21. The molecule has 1 N–H and O–H groups in total. The summed E-state index contributed by atoms with van der Waals surface area (Å²) < 4.78 is 0. The molecule has 0 amide bonds. The van der Waals surface area contributed by atoms with Gasteiger partial charge in [0.15, 0.2) is 0 Å². The average Bonchev–Trinajstić information content (AvgIpc) is 2.39. The smallest absolute Gasteiger partial charge is 0.336 e. The minimum atomic E-state index is -1.21. The van der Waals surface area contributed by atoms with Gasteiger partial charge in [-0.15, -0.1) is 0 Å². The number of non-ortho nitro benzene ring substituents is 1. The first-order chi connectivity index (χ1) is 8.59. The summed E-state index contributed by atoms with van der Waals surface area (Å²) in [6, 6.07) is 7.10. The normalized spacial score (nSPS) is 10.0. The minimum absolute atomic E-state index is 0.114. The predicted octanol–water partition coefficient (Wildman–Crippen LogP) is 2.35. The van der Waals surface area contributed by atoms with Crippen LogP contribution in [-0.4, -0.2) is 21.0 Å². The molecule has 0 aliphatic rings. The van der Waals surface area contributed by atoms with E-state index in [4.69, 9.17) is 5.11 Å². The maximum Gasteiger partial charge on any atom is 0.336 e. The maximum atomic E-state index is 11.1. The van der Waals surface area contributed by atoms with Gasteiger partial charge >= 0.3 is 5.97 Å². The summed E-state index contributed by atoms with van der Waals surface area (Å²) in [7, 11) is 0. The standard InChI is InChI=1S/C12H8N2O4/c15-12(16)11-6-9(14(17)18)3-4-10(11)8-2-1-5-13-7-8/h1-7H,(H,15,16). The van der Waals surface area contributed by atoms with Crippen molar-refractivity contribution in [3.05, 3.63) is 58.4 Å². The van der Waals surface area contributed by atoms with Gasteiger partial charge in [-0.1, -0.05) is 6.07 Å². The van der Waals surface area contributed by atoms with Gasteiger partial charge in [-0.05, 0) is 17.7 Å². The van der Waals surface area contributed by atoms with Crippen LogP contribution in [0.25, 0.3) is 11.1 Å². The summed E-state index contributed by atoms with van der Waals surface area (Å²) >= 11 is 0. The van der Waals surface area contributed by atoms with Crippen LogP contribution in [0.4, 0.5) is 5.69 Å². The molecule has 1 aromatic heterocycles. The van der Waals surface area contributed by atoms with Gasteiger partial charge in [-0.25, -0.2) is 4.79 Å². The third-order valence-electron chi connectivity index (χ3n) is 2.42. The average molecular weight is 244 g/mol. The lowest BCUT2D eigenvalue weighted by atomic mass is 10.0. The lowest BCUT2D eigenvalue weighted by molar-refractivity contribution is -0.384. The van der Waals surface area contributed by atoms with Gasteiger partial charge in [0.2, 0.25) is 0 Å². The Morgan fingerprint density at radius 1 is 1.33 bits per heavy atom. The molecular weight excluding hydrogens is 236 g/mol. The zero-order chi connectivity index (χ0) is 13.1. The van der Waals surface area contributed by atoms with Crippen LogP contribution in [0.2, 0.25) is 0 Å². The number of aromatic nitrogens is 1. The quantitative estimate of drug-likeness (QED) is 0.660. The molecule has 0 unspecified atom stereocenters. The van der Waals surface area contributed by atoms with Crippen molar-refractivity contribution in [2.24, 2.45) is 0 Å². The molecule has 1 heterocycles. The molecule has 0 aliphatic carbocycles. The molecule has 1 aromatic carbocycles. The van der Waals surface area contributed by atoms with Crippen LogP contribution in [0.15, 0.2) is 42.7 Å². The molecular formula is C12H8N2O4. The van der Waals surface area contributed by atoms with Crippen LogP contribution in [-0.2, 0) is 0 Å². The van der Waals surface area contributed by atoms with Crippen molar-refractivity contribution in [1.82, 2.24) is 4.98 Å². The van der Waals surface area contributed by atoms with Gasteiger partial charge in [0, 0.05) is 30.1 Å². The number of nitro benzene ring substituents is 1. The first kappa shape index (κ1) is 11.7. The van der Waals surface area contributed by atoms with E-state index in [1.165, 1.54) is 18.3 Å². The van der Waals surface area contributed by atoms with Crippen molar-refractivity contribution in [3.8, 4) is 11.1 Å². The Morgan fingerprint density at radius 3 is 2.67 bits per heavy atom. The molecule has 18 heavy (non-hydrogen) atoms. The fourth-order valence-electron chi connectivity index (χ4n) is 1.60. The maximum absolute atomic E-state index is 11.1. The van der Waals surface area contributed by atoms with Crippen molar-refractivity contribution >= 4 is 11.7 Å². The van der Waals surface area contributed by atoms with Gasteiger partial charge in [0.1, 0.15) is 0 Å². The number of carbonyl (C=O) groups is 1. The lowest BCUT2D eigenvalue weighted by Gasteiger charge is -2.05. The van der Waals surface area contributed by atoms with E-state index in [9.17, 15) is 14.9 Å². The van der Waals surface area contributed by atoms with Crippen molar-refractivity contribution in [1.29, 1.82) is 0 Å². The third-order valence-corrected chi connectivity index (χ3v) is 2.42. The van der Waals surface area contributed by atoms with Crippen molar-refractivity contribution in [3.63, 3.8) is 0 Å². The van der Waals surface area contributed by atoms with E-state index in [-0.39, 0.29) is 11.3 Å². The summed E-state index contributed by atoms with van der Waals surface area (Å²) in [5.41, 5.74) is 0.642. The number of hydrogen-bond donors (Lipinski definition) is 1. The molecule has 0 bridgehead atoms. The lowest BCUT2D eigenvalue weighted by Crippen LogP contribution is -2.01. The Hall–Kier alpha value is -2.76. The number of aromatic carboxylic acids is 1. The first-order valence-corrected chi connectivity index (χ1v) is 5.01. The molecule has 2 aromatic rings. The van der Waals surface area contributed by atoms with E-state index in [2.05, 4.69) is 4.98 Å². The number of pyridine rings is 1. The Morgan fingerprint density at radius 2 is 2.11 bits per heavy atom. The number of hydrogen-bond acceptors (Lipinski definition) is 4. The van der Waals surface area contributed by atoms with E-state index in [0.717, 1.165) is 6.07 Å². The Bertz CT molecular complexity index is 611. The van der Waals surface area contributed by atoms with Gasteiger partial charge in [0.05, 0.1) is 10.5 Å². The van der Waals surface area contributed by atoms with Crippen molar-refractivity contribution < 1.29 is 14.8 Å². The molecule has 0 atom stereocenters. The highest BCUT2D eigenvalue weighted by molar-refractivity contribution is 5.96. The summed E-state index contributed by atoms with van der Waals surface area (Å²) in [6.45, 7) is 0. The Labute approximate surface area is 102 Å². The third kappa shape index (κ3) is 2.17. The molecule has 90 valence electrons. The van der Waals surface area contributed by atoms with Crippen LogP contribution < -0.4 is 0 Å². The number of carboxylic acid groups (broad SMARTS) is 1. The van der Waals surface area contributed by atoms with E-state index in [1.807, 2.05) is 0 Å². The molecule has 0 fully saturated rings. The van der Waals surface area contributed by atoms with Gasteiger partial charge in [-0.2, -0.15) is 0 Å². The van der Waals surface area contributed by atoms with Crippen LogP contribution in [0.1, 0.15) is 10.4 Å². The Kier molecular flexibility index (Phi) is 3.01. The zero-order valence-corrected chi connectivity index (χ0v) is 9.11. The second kappa shape index (κ2) is 4.62. The van der Waals surface area contributed by atoms with Crippen LogP contribution in [0, 0.1) is 10.1 Å². The minimum Gasteiger partial charge on any atom is -0.478 e. The molecule has 0 spiro atoms. The van der Waals surface area contributed by atoms with Crippen LogP contribution in [0.5, 0.6) is 0 Å². The summed E-state index contributed by atoms with van der Waals surface area (Å²) in [6.07, 6.45) is 3.07. The molecule has 0 saturated heterocycles. The highest BCUT2D eigenvalue weighted by Gasteiger charge is 2.16. The van der Waals surface area contributed by atoms with Gasteiger partial charge in [0.25, 0.3) is 5.69 Å². The van der Waals surface area contributed by atoms with E-state index in [1.54, 1.807) is 18.3 Å². The first-order valence-electron chi connectivity index (χ1n) is 5.01. The molecule has 0 saturated carbocycles. The second-order valence-corrected chi connectivity index (χ2v) is 3.53. The summed E-state index contributed by atoms with van der Waals surface area (Å²) in [5, 5.41) is 19.7. The second-order valence-electron chi connectivity index (χ2n) is 3.53. The molecule has 2 rings (SSSR count). The topological polar surface area (TPSA) is 93.3 Å². The van der Waals surface area contributed by atoms with E-state index < -0.39 is 10.9 Å². The number of nitro groups is 1. The largest absolute Gasteiger partial charge is 0.478 e. The summed E-state index contributed by atoms with van der Waals surface area (Å²) in [4.78, 5) is 25.0. The van der Waals surface area contributed by atoms with Crippen LogP contribution in [0.3, 0.4) is 0 Å². The predicted molar refractivity (Wildman–Crippen MR) is 63.3 cm³/mol. The fourth-order valence-corrected chi connectivity index (χ4v) is 1.60. The number of rotatable bonds is 3. The van der Waals surface area contributed by atoms with Gasteiger partial charge < -0.3 is 5.11 Å². The van der Waals surface area contributed by atoms with Crippen LogP contribution >= 0.6 is 0 Å². The number of carboxylic acids is 1. The number of benzene rings is 1. The molecule has 0 aliphatic heterocycles. The fraction of sp³-hybridized carbons (Fsp3) is 0. The van der Waals surface area contributed by atoms with E-state index >= 15 is 0 Å². The van der Waals surface area contributed by atoms with E-state index in [0.29, 0.717) is 11.1 Å². The SMILES string of the molecule is O=C(O)c1cc([N+](=O)[O-])ccc1-c1cccnc1. The molecule has 6 nitrogen and oxygen atoms in total. The zero-order valence-electron chi connectivity index (χ0n) is 9.11. The monoisotopic (exact) mass is 244 g/mol. The molecule has 0 radical (unpaired) electrons. The highest BCUT2D eigenvalue weighted by atomic mass is 16.6. The molecule has 6 heteroatoms. The highest BCUT2D eigenvalue weighted by Crippen LogP contribution is 2.26. The van der Waals surface area contributed by atoms with Gasteiger partial charge in [-0.3, -0.25) is 15.1 Å².